The van der Waals surface area contributed by atoms with E-state index in [0.29, 0.717) is 23.2 Å². The minimum absolute atomic E-state index is 0.123. The number of fused-ring (bicyclic) bond motifs is 1. The van der Waals surface area contributed by atoms with Crippen LogP contribution in [0.3, 0.4) is 0 Å². The number of aromatic nitrogens is 2. The number of hydrogen-bond acceptors (Lipinski definition) is 8. The quantitative estimate of drug-likeness (QED) is 0.280. The van der Waals surface area contributed by atoms with Crippen molar-refractivity contribution >= 4 is 36.8 Å². The van der Waals surface area contributed by atoms with Crippen molar-refractivity contribution in [1.29, 1.82) is 0 Å². The first kappa shape index (κ1) is 29.2. The lowest BCUT2D eigenvalue weighted by Crippen LogP contribution is -2.38. The molecule has 2 aromatic heterocycles. The van der Waals surface area contributed by atoms with E-state index >= 15 is 0 Å². The van der Waals surface area contributed by atoms with E-state index in [1.54, 1.807) is 26.3 Å². The molecule has 3 heterocycles. The third-order valence-electron chi connectivity index (χ3n) is 8.65. The molecule has 1 aliphatic carbocycles. The van der Waals surface area contributed by atoms with Crippen molar-refractivity contribution in [2.24, 2.45) is 5.92 Å². The highest BCUT2D eigenvalue weighted by atomic mass is 32.2. The highest BCUT2D eigenvalue weighted by Crippen LogP contribution is 2.38. The first-order chi connectivity index (χ1) is 19.3. The van der Waals surface area contributed by atoms with Gasteiger partial charge in [-0.25, -0.2) is 18.4 Å². The van der Waals surface area contributed by atoms with Crippen molar-refractivity contribution in [2.45, 2.75) is 75.1 Å². The molecule has 2 fully saturated rings. The van der Waals surface area contributed by atoms with E-state index < -0.39 is 10.0 Å². The topological polar surface area (TPSA) is 87.7 Å². The molecule has 3 aromatic rings. The molecule has 5 rings (SSSR count). The molecule has 1 N–H and O–H groups in total. The number of likely N-dealkylation sites (tertiary alicyclic amines) is 1. The monoisotopic (exact) mass is 585 g/mol. The second kappa shape index (κ2) is 13.1. The van der Waals surface area contributed by atoms with Crippen molar-refractivity contribution in [1.82, 2.24) is 19.2 Å². The van der Waals surface area contributed by atoms with Gasteiger partial charge < -0.3 is 15.0 Å². The molecule has 40 heavy (non-hydrogen) atoms. The smallest absolute Gasteiger partial charge is 0.242 e. The van der Waals surface area contributed by atoms with Crippen molar-refractivity contribution in [2.75, 3.05) is 45.7 Å². The zero-order valence-electron chi connectivity index (χ0n) is 24.0. The van der Waals surface area contributed by atoms with E-state index in [-0.39, 0.29) is 12.0 Å². The summed E-state index contributed by atoms with van der Waals surface area (Å²) in [4.78, 5) is 12.9. The SMILES string of the molecule is COc1ccc2nc(NC(C)[C@H](CC3CCCC3)c3ccc(S(=O)(=O)N(C)CCN4CCCCC4)cc3)sc2n1. The lowest BCUT2D eigenvalue weighted by molar-refractivity contribution is 0.218. The van der Waals surface area contributed by atoms with Crippen LogP contribution >= 0.6 is 11.3 Å². The van der Waals surface area contributed by atoms with Crippen molar-refractivity contribution in [3.63, 3.8) is 0 Å². The van der Waals surface area contributed by atoms with Gasteiger partial charge in [0, 0.05) is 38.2 Å². The third kappa shape index (κ3) is 6.95. The summed E-state index contributed by atoms with van der Waals surface area (Å²) in [6.07, 6.45) is 9.89. The molecule has 218 valence electrons. The van der Waals surface area contributed by atoms with E-state index in [9.17, 15) is 8.42 Å². The molecule has 0 radical (unpaired) electrons. The van der Waals surface area contributed by atoms with Crippen LogP contribution in [0, 0.1) is 5.92 Å². The van der Waals surface area contributed by atoms with Crippen LogP contribution < -0.4 is 10.1 Å². The Hall–Kier alpha value is -2.27. The van der Waals surface area contributed by atoms with Crippen LogP contribution in [0.1, 0.15) is 69.8 Å². The van der Waals surface area contributed by atoms with Crippen LogP contribution in [0.15, 0.2) is 41.3 Å². The minimum atomic E-state index is -3.53. The molecule has 1 aliphatic heterocycles. The Balaban J connectivity index is 1.30. The summed E-state index contributed by atoms with van der Waals surface area (Å²) in [5.74, 6) is 1.52. The average molecular weight is 586 g/mol. The number of likely N-dealkylation sites (N-methyl/N-ethyl adjacent to an activating group) is 1. The van der Waals surface area contributed by atoms with Gasteiger partial charge >= 0.3 is 0 Å². The van der Waals surface area contributed by atoms with Gasteiger partial charge in [0.05, 0.1) is 12.0 Å². The maximum absolute atomic E-state index is 13.3. The number of thiazole rings is 1. The molecule has 0 spiro atoms. The Morgan fingerprint density at radius 1 is 1.05 bits per heavy atom. The molecule has 1 aromatic carbocycles. The van der Waals surface area contributed by atoms with Gasteiger partial charge in [-0.3, -0.25) is 0 Å². The van der Waals surface area contributed by atoms with Crippen LogP contribution in [0.5, 0.6) is 5.88 Å². The largest absolute Gasteiger partial charge is 0.481 e. The molecule has 2 aliphatic rings. The summed E-state index contributed by atoms with van der Waals surface area (Å²) in [5.41, 5.74) is 2.02. The Bertz CT molecular complexity index is 1350. The number of benzene rings is 1. The van der Waals surface area contributed by atoms with Crippen LogP contribution in [0.25, 0.3) is 10.3 Å². The fraction of sp³-hybridized carbons (Fsp3) is 0.600. The second-order valence-electron chi connectivity index (χ2n) is 11.4. The number of piperidine rings is 1. The van der Waals surface area contributed by atoms with E-state index in [0.717, 1.165) is 41.5 Å². The van der Waals surface area contributed by atoms with Crippen molar-refractivity contribution in [3.8, 4) is 5.88 Å². The number of rotatable bonds is 12. The maximum Gasteiger partial charge on any atom is 0.242 e. The van der Waals surface area contributed by atoms with E-state index in [1.165, 1.54) is 66.2 Å². The summed E-state index contributed by atoms with van der Waals surface area (Å²) in [7, 11) is -0.210. The van der Waals surface area contributed by atoms with E-state index in [1.807, 2.05) is 24.3 Å². The van der Waals surface area contributed by atoms with Crippen molar-refractivity contribution < 1.29 is 13.2 Å². The van der Waals surface area contributed by atoms with Gasteiger partial charge in [0.25, 0.3) is 0 Å². The number of pyridine rings is 1. The van der Waals surface area contributed by atoms with Crippen LogP contribution in [0.4, 0.5) is 5.13 Å². The fourth-order valence-corrected chi connectivity index (χ4v) is 8.25. The van der Waals surface area contributed by atoms with Gasteiger partial charge in [0.2, 0.25) is 15.9 Å². The van der Waals surface area contributed by atoms with Gasteiger partial charge in [-0.2, -0.15) is 4.31 Å². The first-order valence-electron chi connectivity index (χ1n) is 14.7. The summed E-state index contributed by atoms with van der Waals surface area (Å²) in [5, 5.41) is 4.49. The Morgan fingerprint density at radius 3 is 2.48 bits per heavy atom. The molecule has 2 atom stereocenters. The number of methoxy groups -OCH3 is 1. The predicted octanol–water partition coefficient (Wildman–Crippen LogP) is 5.97. The zero-order chi connectivity index (χ0) is 28.1. The molecular formula is C30H43N5O3S2. The van der Waals surface area contributed by atoms with Gasteiger partial charge in [-0.05, 0) is 69.0 Å². The second-order valence-corrected chi connectivity index (χ2v) is 14.4. The van der Waals surface area contributed by atoms with E-state index in [4.69, 9.17) is 9.72 Å². The summed E-state index contributed by atoms with van der Waals surface area (Å²) in [6, 6.07) is 11.5. The lowest BCUT2D eigenvalue weighted by Gasteiger charge is -2.29. The summed E-state index contributed by atoms with van der Waals surface area (Å²) >= 11 is 1.53. The third-order valence-corrected chi connectivity index (χ3v) is 11.4. The highest BCUT2D eigenvalue weighted by Gasteiger charge is 2.28. The number of hydrogen-bond donors (Lipinski definition) is 1. The highest BCUT2D eigenvalue weighted by molar-refractivity contribution is 7.89. The predicted molar refractivity (Wildman–Crippen MR) is 163 cm³/mol. The van der Waals surface area contributed by atoms with Gasteiger partial charge in [0.1, 0.15) is 10.3 Å². The number of anilines is 1. The molecular weight excluding hydrogens is 542 g/mol. The molecule has 1 saturated carbocycles. The molecule has 1 unspecified atom stereocenters. The van der Waals surface area contributed by atoms with Crippen LogP contribution in [-0.4, -0.2) is 74.0 Å². The first-order valence-corrected chi connectivity index (χ1v) is 17.0. The number of ether oxygens (including phenoxy) is 1. The van der Waals surface area contributed by atoms with Crippen LogP contribution in [-0.2, 0) is 10.0 Å². The zero-order valence-corrected chi connectivity index (χ0v) is 25.6. The fourth-order valence-electron chi connectivity index (χ4n) is 6.16. The van der Waals surface area contributed by atoms with Gasteiger partial charge in [0.15, 0.2) is 5.13 Å². The number of sulfonamides is 1. The van der Waals surface area contributed by atoms with Gasteiger partial charge in [-0.1, -0.05) is 55.6 Å². The standard InChI is InChI=1S/C30H43N5O3S2/c1-22(31-30-32-27-15-16-28(38-3)33-29(27)39-30)26(21-23-9-5-6-10-23)24-11-13-25(14-12-24)40(36,37)34(2)19-20-35-17-7-4-8-18-35/h11-16,22-23,26H,4-10,17-21H2,1-3H3,(H,31,32)/t22?,26-/m0/s1. The average Bonchev–Trinajstić information content (AvgIpc) is 3.64. The Kier molecular flexibility index (Phi) is 9.60. The number of nitrogens with one attached hydrogen (secondary N) is 1. The minimum Gasteiger partial charge on any atom is -0.481 e. The van der Waals surface area contributed by atoms with Gasteiger partial charge in [-0.15, -0.1) is 0 Å². The Morgan fingerprint density at radius 2 is 1.77 bits per heavy atom. The molecule has 8 nitrogen and oxygen atoms in total. The maximum atomic E-state index is 13.3. The van der Waals surface area contributed by atoms with Crippen LogP contribution in [0.2, 0.25) is 0 Å². The molecule has 0 bridgehead atoms. The lowest BCUT2D eigenvalue weighted by atomic mass is 9.83. The van der Waals surface area contributed by atoms with Crippen molar-refractivity contribution in [3.05, 3.63) is 42.0 Å². The summed E-state index contributed by atoms with van der Waals surface area (Å²) < 4.78 is 33.5. The number of nitrogens with zero attached hydrogens (tertiary/aromatic N) is 4. The van der Waals surface area contributed by atoms with E-state index in [2.05, 4.69) is 22.1 Å². The Labute approximate surface area is 243 Å². The molecule has 1 saturated heterocycles. The summed E-state index contributed by atoms with van der Waals surface area (Å²) in [6.45, 7) is 5.64. The normalized spacial score (nSPS) is 18.8. The molecule has 10 heteroatoms. The molecule has 0 amide bonds.